The van der Waals surface area contributed by atoms with Gasteiger partial charge in [-0.1, -0.05) is 6.07 Å². The average Bonchev–Trinajstić information content (AvgIpc) is 1.95. The van der Waals surface area contributed by atoms with Gasteiger partial charge in [-0.2, -0.15) is 0 Å². The highest BCUT2D eigenvalue weighted by atomic mass is 79.9. The van der Waals surface area contributed by atoms with Crippen LogP contribution in [0.1, 0.15) is 5.56 Å². The van der Waals surface area contributed by atoms with Crippen molar-refractivity contribution in [3.63, 3.8) is 0 Å². The van der Waals surface area contributed by atoms with Crippen LogP contribution < -0.4 is 0 Å². The highest BCUT2D eigenvalue weighted by molar-refractivity contribution is 9.10. The van der Waals surface area contributed by atoms with Crippen molar-refractivity contribution in [2.24, 2.45) is 0 Å². The van der Waals surface area contributed by atoms with Crippen LogP contribution in [0.5, 0.6) is 0 Å². The lowest BCUT2D eigenvalue weighted by Crippen LogP contribution is -1.75. The van der Waals surface area contributed by atoms with E-state index in [1.165, 1.54) is 0 Å². The van der Waals surface area contributed by atoms with E-state index in [9.17, 15) is 0 Å². The quantitative estimate of drug-likeness (QED) is 0.557. The smallest absolute Gasteiger partial charge is 0.106 e. The fourth-order valence-electron chi connectivity index (χ4n) is 0.572. The number of aliphatic hydroxyl groups excluding tert-OH is 1. The molecule has 0 saturated heterocycles. The second kappa shape index (κ2) is 3.37. The number of hydrogen-bond donors (Lipinski definition) is 1. The predicted octanol–water partition coefficient (Wildman–Crippen LogP) is 2.37. The number of nitrogens with zero attached hydrogens (tertiary/aromatic N) is 1. The Morgan fingerprint density at radius 2 is 2.30 bits per heavy atom. The fourth-order valence-corrected chi connectivity index (χ4v) is 0.806. The van der Waals surface area contributed by atoms with Crippen LogP contribution in [-0.2, 0) is 0 Å². The first-order chi connectivity index (χ1) is 4.83. The van der Waals surface area contributed by atoms with Gasteiger partial charge in [0.2, 0.25) is 0 Å². The Morgan fingerprint density at radius 1 is 1.50 bits per heavy atom. The van der Waals surface area contributed by atoms with Crippen LogP contribution in [-0.4, -0.2) is 10.1 Å². The maximum Gasteiger partial charge on any atom is 0.106 e. The van der Waals surface area contributed by atoms with Gasteiger partial charge in [0, 0.05) is 6.20 Å². The van der Waals surface area contributed by atoms with E-state index in [2.05, 4.69) is 20.9 Å². The van der Waals surface area contributed by atoms with Gasteiger partial charge in [0.25, 0.3) is 0 Å². The lowest BCUT2D eigenvalue weighted by Gasteiger charge is -1.90. The van der Waals surface area contributed by atoms with Crippen molar-refractivity contribution >= 4 is 22.0 Å². The van der Waals surface area contributed by atoms with E-state index in [1.807, 2.05) is 12.1 Å². The van der Waals surface area contributed by atoms with Crippen LogP contribution in [0.25, 0.3) is 6.08 Å². The third-order valence-corrected chi connectivity index (χ3v) is 1.49. The Kier molecular flexibility index (Phi) is 2.45. The summed E-state index contributed by atoms with van der Waals surface area (Å²) >= 11 is 3.20. The van der Waals surface area contributed by atoms with E-state index < -0.39 is 0 Å². The molecule has 0 fully saturated rings. The molecule has 0 aromatic carbocycles. The van der Waals surface area contributed by atoms with Gasteiger partial charge in [-0.05, 0) is 33.6 Å². The lowest BCUT2D eigenvalue weighted by atomic mass is 10.3. The minimum atomic E-state index is 0.794. The number of aliphatic hydroxyl groups is 1. The summed E-state index contributed by atoms with van der Waals surface area (Å²) in [5.74, 6) is 0. The third kappa shape index (κ3) is 1.84. The van der Waals surface area contributed by atoms with E-state index in [4.69, 9.17) is 5.11 Å². The van der Waals surface area contributed by atoms with Gasteiger partial charge in [0.1, 0.15) is 4.60 Å². The van der Waals surface area contributed by atoms with E-state index in [1.54, 1.807) is 12.3 Å². The molecule has 1 heterocycles. The Morgan fingerprint density at radius 3 is 2.80 bits per heavy atom. The number of hydrogen-bond acceptors (Lipinski definition) is 2. The van der Waals surface area contributed by atoms with Crippen LogP contribution in [0.4, 0.5) is 0 Å². The molecular weight excluding hydrogens is 194 g/mol. The molecule has 0 aliphatic carbocycles. The highest BCUT2D eigenvalue weighted by Crippen LogP contribution is 2.06. The first kappa shape index (κ1) is 7.28. The summed E-state index contributed by atoms with van der Waals surface area (Å²) in [6.45, 7) is 0. The molecule has 1 rings (SSSR count). The molecule has 0 unspecified atom stereocenters. The normalized spacial score (nSPS) is 10.5. The Bertz CT molecular complexity index is 230. The molecule has 0 spiro atoms. The van der Waals surface area contributed by atoms with Gasteiger partial charge in [-0.3, -0.25) is 0 Å². The molecule has 10 heavy (non-hydrogen) atoms. The van der Waals surface area contributed by atoms with Crippen LogP contribution in [0.2, 0.25) is 0 Å². The van der Waals surface area contributed by atoms with Crippen molar-refractivity contribution in [3.8, 4) is 0 Å². The molecule has 0 aliphatic heterocycles. The molecule has 0 amide bonds. The van der Waals surface area contributed by atoms with Gasteiger partial charge in [-0.25, -0.2) is 4.98 Å². The molecule has 3 heteroatoms. The third-order valence-electron chi connectivity index (χ3n) is 1.02. The van der Waals surface area contributed by atoms with Gasteiger partial charge in [0.05, 0.1) is 6.26 Å². The molecule has 0 radical (unpaired) electrons. The molecule has 1 aromatic rings. The summed E-state index contributed by atoms with van der Waals surface area (Å²) in [5.41, 5.74) is 0.880. The van der Waals surface area contributed by atoms with Gasteiger partial charge in [0.15, 0.2) is 0 Å². The lowest BCUT2D eigenvalue weighted by molar-refractivity contribution is 0.478. The predicted molar refractivity (Wildman–Crippen MR) is 43.6 cm³/mol. The minimum Gasteiger partial charge on any atom is -0.516 e. The summed E-state index contributed by atoms with van der Waals surface area (Å²) in [5, 5.41) is 8.37. The molecule has 1 N–H and O–H groups in total. The van der Waals surface area contributed by atoms with E-state index in [0.29, 0.717) is 0 Å². The SMILES string of the molecule is O/C=C/c1ccc(Br)nc1. The van der Waals surface area contributed by atoms with Crippen molar-refractivity contribution in [3.05, 3.63) is 34.8 Å². The van der Waals surface area contributed by atoms with Crippen LogP contribution in [0, 0.1) is 0 Å². The zero-order valence-electron chi connectivity index (χ0n) is 5.16. The van der Waals surface area contributed by atoms with Gasteiger partial charge >= 0.3 is 0 Å². The number of halogens is 1. The summed E-state index contributed by atoms with van der Waals surface area (Å²) in [7, 11) is 0. The first-order valence-electron chi connectivity index (χ1n) is 2.75. The molecule has 2 nitrogen and oxygen atoms in total. The van der Waals surface area contributed by atoms with Crippen LogP contribution >= 0.6 is 15.9 Å². The van der Waals surface area contributed by atoms with Crippen LogP contribution in [0.15, 0.2) is 29.2 Å². The maximum atomic E-state index is 8.37. The van der Waals surface area contributed by atoms with E-state index >= 15 is 0 Å². The summed E-state index contributed by atoms with van der Waals surface area (Å²) in [4.78, 5) is 3.95. The summed E-state index contributed by atoms with van der Waals surface area (Å²) in [6.07, 6.45) is 4.22. The Balaban J connectivity index is 2.89. The minimum absolute atomic E-state index is 0.794. The van der Waals surface area contributed by atoms with Crippen molar-refractivity contribution in [1.82, 2.24) is 4.98 Å². The van der Waals surface area contributed by atoms with Crippen molar-refractivity contribution in [2.45, 2.75) is 0 Å². The fraction of sp³-hybridized carbons (Fsp3) is 0. The number of aromatic nitrogens is 1. The Labute approximate surface area is 67.4 Å². The maximum absolute atomic E-state index is 8.37. The van der Waals surface area contributed by atoms with Crippen LogP contribution in [0.3, 0.4) is 0 Å². The zero-order valence-corrected chi connectivity index (χ0v) is 6.75. The second-order valence-corrected chi connectivity index (χ2v) is 2.54. The topological polar surface area (TPSA) is 33.1 Å². The Hall–Kier alpha value is -0.830. The first-order valence-corrected chi connectivity index (χ1v) is 3.54. The number of rotatable bonds is 1. The van der Waals surface area contributed by atoms with E-state index in [-0.39, 0.29) is 0 Å². The molecule has 52 valence electrons. The standard InChI is InChI=1S/C7H6BrNO/c8-7-2-1-6(3-4-10)5-9-7/h1-5,10H/b4-3+. The molecule has 0 bridgehead atoms. The largest absolute Gasteiger partial charge is 0.516 e. The molecule has 0 saturated carbocycles. The van der Waals surface area contributed by atoms with Gasteiger partial charge in [-0.15, -0.1) is 0 Å². The molecule has 0 aliphatic rings. The summed E-state index contributed by atoms with van der Waals surface area (Å²) < 4.78 is 0.794. The van der Waals surface area contributed by atoms with E-state index in [0.717, 1.165) is 16.4 Å². The van der Waals surface area contributed by atoms with Crippen molar-refractivity contribution in [1.29, 1.82) is 0 Å². The second-order valence-electron chi connectivity index (χ2n) is 1.73. The molecular formula is C7H6BrNO. The van der Waals surface area contributed by atoms with Crippen molar-refractivity contribution < 1.29 is 5.11 Å². The average molecular weight is 200 g/mol. The molecule has 1 aromatic heterocycles. The van der Waals surface area contributed by atoms with Crippen molar-refractivity contribution in [2.75, 3.05) is 0 Å². The summed E-state index contributed by atoms with van der Waals surface area (Å²) in [6, 6.07) is 3.67. The molecule has 0 atom stereocenters. The van der Waals surface area contributed by atoms with Gasteiger partial charge < -0.3 is 5.11 Å². The number of pyridine rings is 1. The monoisotopic (exact) mass is 199 g/mol. The zero-order chi connectivity index (χ0) is 7.40. The highest BCUT2D eigenvalue weighted by Gasteiger charge is 1.86.